The van der Waals surface area contributed by atoms with Gasteiger partial charge in [0.1, 0.15) is 12.4 Å². The zero-order chi connectivity index (χ0) is 19.4. The molecule has 3 aromatic rings. The van der Waals surface area contributed by atoms with E-state index in [1.807, 2.05) is 13.0 Å². The molecule has 7 heteroatoms. The highest BCUT2D eigenvalue weighted by Gasteiger charge is 2.14. The first-order valence-electron chi connectivity index (χ1n) is 8.50. The summed E-state index contributed by atoms with van der Waals surface area (Å²) >= 11 is 0. The molecule has 0 aliphatic heterocycles. The SMILES string of the molecule is CCc1nc2ccccc2c(=O)n1CC(=O)Nc1cccc(C(=O)OC)c1. The fraction of sp³-hybridized carbons (Fsp3) is 0.200. The number of hydrogen-bond acceptors (Lipinski definition) is 5. The van der Waals surface area contributed by atoms with Crippen molar-refractivity contribution in [3.8, 4) is 0 Å². The lowest BCUT2D eigenvalue weighted by molar-refractivity contribution is -0.116. The van der Waals surface area contributed by atoms with Crippen LogP contribution in [0.1, 0.15) is 23.1 Å². The molecule has 0 atom stereocenters. The predicted octanol–water partition coefficient (Wildman–Crippen LogP) is 2.38. The zero-order valence-electron chi connectivity index (χ0n) is 15.1. The van der Waals surface area contributed by atoms with Gasteiger partial charge in [-0.05, 0) is 30.3 Å². The van der Waals surface area contributed by atoms with Crippen LogP contribution < -0.4 is 10.9 Å². The van der Waals surface area contributed by atoms with Gasteiger partial charge in [0.15, 0.2) is 0 Å². The lowest BCUT2D eigenvalue weighted by Crippen LogP contribution is -2.31. The van der Waals surface area contributed by atoms with E-state index in [4.69, 9.17) is 0 Å². The molecule has 0 spiro atoms. The summed E-state index contributed by atoms with van der Waals surface area (Å²) in [5.41, 5.74) is 1.13. The molecule has 1 N–H and O–H groups in total. The molecule has 7 nitrogen and oxygen atoms in total. The maximum Gasteiger partial charge on any atom is 0.337 e. The summed E-state index contributed by atoms with van der Waals surface area (Å²) in [4.78, 5) is 41.3. The van der Waals surface area contributed by atoms with Crippen molar-refractivity contribution < 1.29 is 14.3 Å². The molecular weight excluding hydrogens is 346 g/mol. The first-order valence-corrected chi connectivity index (χ1v) is 8.50. The number of hydrogen-bond donors (Lipinski definition) is 1. The fourth-order valence-electron chi connectivity index (χ4n) is 2.83. The third-order valence-corrected chi connectivity index (χ3v) is 4.13. The molecule has 3 rings (SSSR count). The molecule has 0 saturated heterocycles. The lowest BCUT2D eigenvalue weighted by atomic mass is 10.2. The van der Waals surface area contributed by atoms with Crippen LogP contribution in [0.5, 0.6) is 0 Å². The number of aromatic nitrogens is 2. The van der Waals surface area contributed by atoms with Gasteiger partial charge in [0.2, 0.25) is 5.91 Å². The highest BCUT2D eigenvalue weighted by molar-refractivity contribution is 5.94. The van der Waals surface area contributed by atoms with Crippen molar-refractivity contribution >= 4 is 28.5 Å². The van der Waals surface area contributed by atoms with E-state index in [9.17, 15) is 14.4 Å². The van der Waals surface area contributed by atoms with Crippen LogP contribution in [0, 0.1) is 0 Å². The number of nitrogens with zero attached hydrogens (tertiary/aromatic N) is 2. The van der Waals surface area contributed by atoms with Gasteiger partial charge in [0, 0.05) is 12.1 Å². The van der Waals surface area contributed by atoms with Crippen molar-refractivity contribution in [3.63, 3.8) is 0 Å². The maximum absolute atomic E-state index is 12.8. The Kier molecular flexibility index (Phi) is 5.30. The lowest BCUT2D eigenvalue weighted by Gasteiger charge is -2.13. The Bertz CT molecular complexity index is 1070. The van der Waals surface area contributed by atoms with Crippen LogP contribution in [0.4, 0.5) is 5.69 Å². The molecule has 2 aromatic carbocycles. The number of methoxy groups -OCH3 is 1. The Hall–Kier alpha value is -3.48. The molecular formula is C20H19N3O4. The van der Waals surface area contributed by atoms with Gasteiger partial charge in [-0.2, -0.15) is 0 Å². The summed E-state index contributed by atoms with van der Waals surface area (Å²) in [6, 6.07) is 13.5. The third kappa shape index (κ3) is 3.87. The van der Waals surface area contributed by atoms with Crippen LogP contribution >= 0.6 is 0 Å². The van der Waals surface area contributed by atoms with Crippen LogP contribution in [0.15, 0.2) is 53.3 Å². The van der Waals surface area contributed by atoms with Crippen LogP contribution in [0.3, 0.4) is 0 Å². The molecule has 0 saturated carbocycles. The molecule has 0 aliphatic rings. The van der Waals surface area contributed by atoms with Gasteiger partial charge in [-0.25, -0.2) is 9.78 Å². The van der Waals surface area contributed by atoms with Crippen LogP contribution in [-0.2, 0) is 22.5 Å². The minimum absolute atomic E-state index is 0.164. The minimum atomic E-state index is -0.491. The number of rotatable bonds is 5. The van der Waals surface area contributed by atoms with Gasteiger partial charge in [-0.1, -0.05) is 25.1 Å². The van der Waals surface area contributed by atoms with Crippen LogP contribution in [0.2, 0.25) is 0 Å². The van der Waals surface area contributed by atoms with Crippen molar-refractivity contribution in [2.75, 3.05) is 12.4 Å². The summed E-state index contributed by atoms with van der Waals surface area (Å²) in [6.45, 7) is 1.72. The van der Waals surface area contributed by atoms with Crippen molar-refractivity contribution in [1.82, 2.24) is 9.55 Å². The van der Waals surface area contributed by atoms with Gasteiger partial charge in [0.25, 0.3) is 5.56 Å². The highest BCUT2D eigenvalue weighted by Crippen LogP contribution is 2.12. The van der Waals surface area contributed by atoms with Gasteiger partial charge in [-0.15, -0.1) is 0 Å². The Morgan fingerprint density at radius 1 is 1.15 bits per heavy atom. The molecule has 0 radical (unpaired) electrons. The second-order valence-electron chi connectivity index (χ2n) is 5.91. The second-order valence-corrected chi connectivity index (χ2v) is 5.91. The van der Waals surface area contributed by atoms with Crippen molar-refractivity contribution in [1.29, 1.82) is 0 Å². The number of benzene rings is 2. The average molecular weight is 365 g/mol. The van der Waals surface area contributed by atoms with Gasteiger partial charge in [-0.3, -0.25) is 14.2 Å². The number of anilines is 1. The molecule has 1 heterocycles. The quantitative estimate of drug-likeness (QED) is 0.701. The molecule has 27 heavy (non-hydrogen) atoms. The van der Waals surface area contributed by atoms with Crippen molar-refractivity contribution in [2.24, 2.45) is 0 Å². The van der Waals surface area contributed by atoms with E-state index in [-0.39, 0.29) is 18.0 Å². The van der Waals surface area contributed by atoms with E-state index < -0.39 is 5.97 Å². The minimum Gasteiger partial charge on any atom is -0.465 e. The number of esters is 1. The average Bonchev–Trinajstić information content (AvgIpc) is 2.69. The fourth-order valence-corrected chi connectivity index (χ4v) is 2.83. The van der Waals surface area contributed by atoms with E-state index in [1.54, 1.807) is 36.4 Å². The van der Waals surface area contributed by atoms with E-state index in [1.165, 1.54) is 17.7 Å². The van der Waals surface area contributed by atoms with Gasteiger partial charge < -0.3 is 10.1 Å². The van der Waals surface area contributed by atoms with E-state index in [2.05, 4.69) is 15.0 Å². The molecule has 0 aliphatic carbocycles. The number of aryl methyl sites for hydroxylation is 1. The number of ether oxygens (including phenoxy) is 1. The first-order chi connectivity index (χ1) is 13.0. The summed E-state index contributed by atoms with van der Waals surface area (Å²) < 4.78 is 6.05. The number of para-hydroxylation sites is 1. The standard InChI is InChI=1S/C20H19N3O4/c1-3-17-22-16-10-5-4-9-15(16)19(25)23(17)12-18(24)21-14-8-6-7-13(11-14)20(26)27-2/h4-11H,3,12H2,1-2H3,(H,21,24). The summed E-state index contributed by atoms with van der Waals surface area (Å²) in [5.74, 6) is -0.336. The normalized spacial score (nSPS) is 10.6. The Labute approximate surface area is 155 Å². The highest BCUT2D eigenvalue weighted by atomic mass is 16.5. The number of carbonyl (C=O) groups is 2. The third-order valence-electron chi connectivity index (χ3n) is 4.13. The molecule has 0 unspecified atom stereocenters. The number of amides is 1. The maximum atomic E-state index is 12.8. The van der Waals surface area contributed by atoms with E-state index >= 15 is 0 Å². The Morgan fingerprint density at radius 2 is 1.93 bits per heavy atom. The summed E-state index contributed by atoms with van der Waals surface area (Å²) in [7, 11) is 1.29. The van der Waals surface area contributed by atoms with E-state index in [0.717, 1.165) is 0 Å². The topological polar surface area (TPSA) is 90.3 Å². The Balaban J connectivity index is 1.87. The van der Waals surface area contributed by atoms with Crippen molar-refractivity contribution in [2.45, 2.75) is 19.9 Å². The number of carbonyl (C=O) groups excluding carboxylic acids is 2. The molecule has 1 aromatic heterocycles. The smallest absolute Gasteiger partial charge is 0.337 e. The monoisotopic (exact) mass is 365 g/mol. The van der Waals surface area contributed by atoms with Crippen molar-refractivity contribution in [3.05, 3.63) is 70.3 Å². The number of fused-ring (bicyclic) bond motifs is 1. The van der Waals surface area contributed by atoms with E-state index in [0.29, 0.717) is 34.4 Å². The molecule has 1 amide bonds. The second kappa shape index (κ2) is 7.82. The van der Waals surface area contributed by atoms with Gasteiger partial charge in [0.05, 0.1) is 23.6 Å². The Morgan fingerprint density at radius 3 is 2.67 bits per heavy atom. The van der Waals surface area contributed by atoms with Crippen LogP contribution in [-0.4, -0.2) is 28.5 Å². The molecule has 0 bridgehead atoms. The molecule has 138 valence electrons. The first kappa shape index (κ1) is 18.3. The zero-order valence-corrected chi connectivity index (χ0v) is 15.1. The summed E-state index contributed by atoms with van der Waals surface area (Å²) in [5, 5.41) is 3.17. The predicted molar refractivity (Wildman–Crippen MR) is 102 cm³/mol. The van der Waals surface area contributed by atoms with Crippen LogP contribution in [0.25, 0.3) is 10.9 Å². The largest absolute Gasteiger partial charge is 0.465 e. The molecule has 0 fully saturated rings. The van der Waals surface area contributed by atoms with Gasteiger partial charge >= 0.3 is 5.97 Å². The number of nitrogens with one attached hydrogen (secondary N) is 1. The summed E-state index contributed by atoms with van der Waals surface area (Å²) in [6.07, 6.45) is 0.519.